The third-order valence-corrected chi connectivity index (χ3v) is 4.37. The number of ether oxygens (including phenoxy) is 1. The van der Waals surface area contributed by atoms with E-state index in [2.05, 4.69) is 10.6 Å². The minimum absolute atomic E-state index is 0.0586. The van der Waals surface area contributed by atoms with E-state index in [1.165, 1.54) is 6.92 Å². The molecule has 0 saturated heterocycles. The van der Waals surface area contributed by atoms with Gasteiger partial charge in [0.05, 0.1) is 35.5 Å². The lowest BCUT2D eigenvalue weighted by molar-refractivity contribution is -0.120. The van der Waals surface area contributed by atoms with Crippen LogP contribution in [0.3, 0.4) is 0 Å². The van der Waals surface area contributed by atoms with Gasteiger partial charge >= 0.3 is 0 Å². The predicted octanol–water partition coefficient (Wildman–Crippen LogP) is 4.01. The van der Waals surface area contributed by atoms with Crippen molar-refractivity contribution in [2.45, 2.75) is 26.3 Å². The normalized spacial score (nSPS) is 11.5. The SMILES string of the molecule is CCOc1ccccc1C(CC(=O)Nc1cccc(Cl)c1N(C)C)NC(C)=O. The van der Waals surface area contributed by atoms with E-state index in [4.69, 9.17) is 16.3 Å². The number of hydrogen-bond acceptors (Lipinski definition) is 4. The number of para-hydroxylation sites is 2. The predicted molar refractivity (Wildman–Crippen MR) is 113 cm³/mol. The fourth-order valence-corrected chi connectivity index (χ4v) is 3.34. The second-order valence-corrected chi connectivity index (χ2v) is 6.91. The summed E-state index contributed by atoms with van der Waals surface area (Å²) in [6.07, 6.45) is 0.0586. The highest BCUT2D eigenvalue weighted by Gasteiger charge is 2.21. The Kier molecular flexibility index (Phi) is 7.70. The summed E-state index contributed by atoms with van der Waals surface area (Å²) in [6, 6.07) is 12.2. The molecule has 1 atom stereocenters. The van der Waals surface area contributed by atoms with Gasteiger partial charge in [-0.3, -0.25) is 9.59 Å². The smallest absolute Gasteiger partial charge is 0.226 e. The fraction of sp³-hybridized carbons (Fsp3) is 0.333. The van der Waals surface area contributed by atoms with Crippen molar-refractivity contribution in [2.24, 2.45) is 0 Å². The lowest BCUT2D eigenvalue weighted by atomic mass is 10.0. The fourth-order valence-electron chi connectivity index (χ4n) is 3.00. The molecule has 2 rings (SSSR count). The van der Waals surface area contributed by atoms with Crippen molar-refractivity contribution in [1.29, 1.82) is 0 Å². The summed E-state index contributed by atoms with van der Waals surface area (Å²) in [4.78, 5) is 26.3. The molecule has 2 amide bonds. The van der Waals surface area contributed by atoms with Gasteiger partial charge in [0.2, 0.25) is 11.8 Å². The van der Waals surface area contributed by atoms with Gasteiger partial charge in [0.25, 0.3) is 0 Å². The molecule has 0 aromatic heterocycles. The van der Waals surface area contributed by atoms with Gasteiger partial charge in [-0.2, -0.15) is 0 Å². The van der Waals surface area contributed by atoms with Gasteiger partial charge in [-0.15, -0.1) is 0 Å². The molecule has 0 aliphatic rings. The number of nitrogens with one attached hydrogen (secondary N) is 2. The zero-order valence-electron chi connectivity index (χ0n) is 16.6. The van der Waals surface area contributed by atoms with Crippen LogP contribution in [-0.4, -0.2) is 32.5 Å². The van der Waals surface area contributed by atoms with Crippen LogP contribution in [0.1, 0.15) is 31.9 Å². The van der Waals surface area contributed by atoms with Crippen LogP contribution in [0.15, 0.2) is 42.5 Å². The average molecular weight is 404 g/mol. The summed E-state index contributed by atoms with van der Waals surface area (Å²) >= 11 is 6.27. The number of halogens is 1. The molecule has 1 unspecified atom stereocenters. The van der Waals surface area contributed by atoms with Crippen LogP contribution in [0.5, 0.6) is 5.75 Å². The van der Waals surface area contributed by atoms with Crippen LogP contribution in [-0.2, 0) is 9.59 Å². The number of nitrogens with zero attached hydrogens (tertiary/aromatic N) is 1. The topological polar surface area (TPSA) is 70.7 Å². The van der Waals surface area contributed by atoms with Crippen molar-refractivity contribution in [3.05, 3.63) is 53.1 Å². The first-order valence-corrected chi connectivity index (χ1v) is 9.45. The molecule has 6 nitrogen and oxygen atoms in total. The van der Waals surface area contributed by atoms with Gasteiger partial charge in [-0.1, -0.05) is 35.9 Å². The van der Waals surface area contributed by atoms with E-state index in [0.29, 0.717) is 23.1 Å². The Morgan fingerprint density at radius 2 is 1.86 bits per heavy atom. The monoisotopic (exact) mass is 403 g/mol. The minimum atomic E-state index is -0.512. The lowest BCUT2D eigenvalue weighted by Crippen LogP contribution is -2.30. The number of carbonyl (C=O) groups excluding carboxylic acids is 2. The summed E-state index contributed by atoms with van der Waals surface area (Å²) in [5.74, 6) is 0.185. The molecule has 2 aromatic rings. The van der Waals surface area contributed by atoms with Gasteiger partial charge < -0.3 is 20.3 Å². The number of anilines is 2. The number of benzene rings is 2. The van der Waals surface area contributed by atoms with E-state index in [1.54, 1.807) is 18.2 Å². The van der Waals surface area contributed by atoms with Crippen LogP contribution >= 0.6 is 11.6 Å². The summed E-state index contributed by atoms with van der Waals surface area (Å²) in [7, 11) is 3.71. The van der Waals surface area contributed by atoms with E-state index >= 15 is 0 Å². The molecule has 28 heavy (non-hydrogen) atoms. The Balaban J connectivity index is 2.26. The molecule has 7 heteroatoms. The zero-order chi connectivity index (χ0) is 20.7. The maximum Gasteiger partial charge on any atom is 0.226 e. The van der Waals surface area contributed by atoms with Crippen LogP contribution in [0.4, 0.5) is 11.4 Å². The third kappa shape index (κ3) is 5.63. The molecular weight excluding hydrogens is 378 g/mol. The second-order valence-electron chi connectivity index (χ2n) is 6.51. The molecule has 0 heterocycles. The first-order chi connectivity index (χ1) is 13.3. The molecule has 0 saturated carbocycles. The van der Waals surface area contributed by atoms with Crippen molar-refractivity contribution in [3.63, 3.8) is 0 Å². The molecule has 0 aliphatic heterocycles. The Morgan fingerprint density at radius 1 is 1.14 bits per heavy atom. The Labute approximate surface area is 170 Å². The Hall–Kier alpha value is -2.73. The van der Waals surface area contributed by atoms with Crippen molar-refractivity contribution < 1.29 is 14.3 Å². The van der Waals surface area contributed by atoms with E-state index in [1.807, 2.05) is 50.2 Å². The zero-order valence-corrected chi connectivity index (χ0v) is 17.3. The van der Waals surface area contributed by atoms with Gasteiger partial charge in [-0.25, -0.2) is 0 Å². The maximum atomic E-state index is 12.8. The number of hydrogen-bond donors (Lipinski definition) is 2. The number of amides is 2. The molecule has 0 radical (unpaired) electrons. The van der Waals surface area contributed by atoms with E-state index < -0.39 is 6.04 Å². The molecule has 0 fully saturated rings. The van der Waals surface area contributed by atoms with Crippen molar-refractivity contribution in [3.8, 4) is 5.75 Å². The standard InChI is InChI=1S/C21H26ClN3O3/c1-5-28-19-12-7-6-9-15(19)18(23-14(2)26)13-20(27)24-17-11-8-10-16(22)21(17)25(3)4/h6-12,18H,5,13H2,1-4H3,(H,23,26)(H,24,27). The van der Waals surface area contributed by atoms with Crippen LogP contribution in [0.25, 0.3) is 0 Å². The Bertz CT molecular complexity index is 839. The molecule has 0 bridgehead atoms. The van der Waals surface area contributed by atoms with E-state index in [9.17, 15) is 9.59 Å². The first kappa shape index (κ1) is 21.6. The van der Waals surface area contributed by atoms with Crippen molar-refractivity contribution in [2.75, 3.05) is 30.9 Å². The van der Waals surface area contributed by atoms with Crippen molar-refractivity contribution >= 4 is 34.8 Å². The quantitative estimate of drug-likeness (QED) is 0.698. The Morgan fingerprint density at radius 3 is 2.50 bits per heavy atom. The first-order valence-electron chi connectivity index (χ1n) is 9.08. The van der Waals surface area contributed by atoms with Gasteiger partial charge in [-0.05, 0) is 25.1 Å². The van der Waals surface area contributed by atoms with E-state index in [0.717, 1.165) is 11.3 Å². The summed E-state index contributed by atoms with van der Waals surface area (Å²) in [5.41, 5.74) is 2.10. The largest absolute Gasteiger partial charge is 0.494 e. The van der Waals surface area contributed by atoms with E-state index in [-0.39, 0.29) is 18.2 Å². The third-order valence-electron chi connectivity index (χ3n) is 4.07. The highest BCUT2D eigenvalue weighted by Crippen LogP contribution is 2.33. The summed E-state index contributed by atoms with van der Waals surface area (Å²) < 4.78 is 5.66. The van der Waals surface area contributed by atoms with Gasteiger partial charge in [0.15, 0.2) is 0 Å². The molecule has 2 aromatic carbocycles. The molecular formula is C21H26ClN3O3. The second kappa shape index (κ2) is 9.99. The highest BCUT2D eigenvalue weighted by atomic mass is 35.5. The van der Waals surface area contributed by atoms with Crippen molar-refractivity contribution in [1.82, 2.24) is 5.32 Å². The highest BCUT2D eigenvalue weighted by molar-refractivity contribution is 6.34. The summed E-state index contributed by atoms with van der Waals surface area (Å²) in [6.45, 7) is 3.80. The molecule has 0 aliphatic carbocycles. The molecule has 0 spiro atoms. The molecule has 2 N–H and O–H groups in total. The summed E-state index contributed by atoms with van der Waals surface area (Å²) in [5, 5.41) is 6.29. The van der Waals surface area contributed by atoms with Gasteiger partial charge in [0, 0.05) is 26.6 Å². The average Bonchev–Trinajstić information content (AvgIpc) is 2.61. The lowest BCUT2D eigenvalue weighted by Gasteiger charge is -2.22. The van der Waals surface area contributed by atoms with Gasteiger partial charge in [0.1, 0.15) is 5.75 Å². The number of carbonyl (C=O) groups is 2. The minimum Gasteiger partial charge on any atom is -0.494 e. The maximum absolute atomic E-state index is 12.8. The van der Waals surface area contributed by atoms with Crippen LogP contribution in [0.2, 0.25) is 5.02 Å². The molecule has 150 valence electrons. The van der Waals surface area contributed by atoms with Crippen LogP contribution in [0, 0.1) is 0 Å². The van der Waals surface area contributed by atoms with Crippen LogP contribution < -0.4 is 20.3 Å². The number of rotatable bonds is 8.